The molecule has 1 aromatic heterocycles. The molecule has 2 aromatic rings. The molecule has 1 N–H and O–H groups in total. The summed E-state index contributed by atoms with van der Waals surface area (Å²) in [6.07, 6.45) is 2.89. The molecule has 1 atom stereocenters. The number of urea groups is 1. The molecular formula is C17H21N3O2. The van der Waals surface area contributed by atoms with Crippen molar-refractivity contribution in [1.29, 1.82) is 0 Å². The Morgan fingerprint density at radius 1 is 1.41 bits per heavy atom. The highest BCUT2D eigenvalue weighted by atomic mass is 16.5. The second-order valence-corrected chi connectivity index (χ2v) is 5.70. The number of aromatic nitrogens is 1. The summed E-state index contributed by atoms with van der Waals surface area (Å²) >= 11 is 0. The lowest BCUT2D eigenvalue weighted by Crippen LogP contribution is -2.34. The maximum absolute atomic E-state index is 12.5. The topological polar surface area (TPSA) is 58.4 Å². The summed E-state index contributed by atoms with van der Waals surface area (Å²) in [5.41, 5.74) is 2.92. The van der Waals surface area contributed by atoms with Crippen LogP contribution in [-0.2, 0) is 6.42 Å². The summed E-state index contributed by atoms with van der Waals surface area (Å²) in [4.78, 5) is 14.3. The fraction of sp³-hybridized carbons (Fsp3) is 0.412. The van der Waals surface area contributed by atoms with Crippen molar-refractivity contribution in [2.75, 3.05) is 11.9 Å². The van der Waals surface area contributed by atoms with Gasteiger partial charge in [-0.1, -0.05) is 24.2 Å². The van der Waals surface area contributed by atoms with Crippen LogP contribution in [0, 0.1) is 6.92 Å². The zero-order valence-electron chi connectivity index (χ0n) is 13.0. The van der Waals surface area contributed by atoms with E-state index in [-0.39, 0.29) is 12.1 Å². The number of carbonyl (C=O) groups is 1. The van der Waals surface area contributed by atoms with Gasteiger partial charge in [0, 0.05) is 18.3 Å². The third kappa shape index (κ3) is 2.98. The van der Waals surface area contributed by atoms with Gasteiger partial charge in [-0.2, -0.15) is 0 Å². The lowest BCUT2D eigenvalue weighted by atomic mass is 10.1. The SMILES string of the molecule is CCc1ccc(NC(=O)N2CCC[C@H]2c2cc(C)no2)cc1. The minimum atomic E-state index is -0.0826. The average molecular weight is 299 g/mol. The summed E-state index contributed by atoms with van der Waals surface area (Å²) in [6.45, 7) is 4.74. The van der Waals surface area contributed by atoms with Crippen LogP contribution in [0.4, 0.5) is 10.5 Å². The molecule has 1 aliphatic rings. The third-order valence-electron chi connectivity index (χ3n) is 4.10. The van der Waals surface area contributed by atoms with Gasteiger partial charge in [0.05, 0.1) is 11.7 Å². The van der Waals surface area contributed by atoms with Crippen LogP contribution < -0.4 is 5.32 Å². The number of amides is 2. The molecule has 0 aliphatic carbocycles. The summed E-state index contributed by atoms with van der Waals surface area (Å²) in [5.74, 6) is 0.770. The number of aryl methyl sites for hydroxylation is 2. The van der Waals surface area contributed by atoms with E-state index in [4.69, 9.17) is 4.52 Å². The first-order valence-corrected chi connectivity index (χ1v) is 7.77. The molecule has 1 fully saturated rings. The molecule has 3 rings (SSSR count). The van der Waals surface area contributed by atoms with Gasteiger partial charge in [-0.25, -0.2) is 4.79 Å². The van der Waals surface area contributed by atoms with Crippen LogP contribution >= 0.6 is 0 Å². The number of nitrogens with zero attached hydrogens (tertiary/aromatic N) is 2. The Morgan fingerprint density at radius 3 is 2.82 bits per heavy atom. The largest absolute Gasteiger partial charge is 0.359 e. The molecule has 1 aliphatic heterocycles. The van der Waals surface area contributed by atoms with Crippen molar-refractivity contribution in [1.82, 2.24) is 10.1 Å². The molecule has 1 saturated heterocycles. The molecule has 0 radical (unpaired) electrons. The van der Waals surface area contributed by atoms with Crippen LogP contribution in [-0.4, -0.2) is 22.6 Å². The van der Waals surface area contributed by atoms with Gasteiger partial charge >= 0.3 is 6.03 Å². The van der Waals surface area contributed by atoms with Gasteiger partial charge in [0.2, 0.25) is 0 Å². The summed E-state index contributed by atoms with van der Waals surface area (Å²) in [6, 6.07) is 9.78. The Hall–Kier alpha value is -2.30. The van der Waals surface area contributed by atoms with Crippen molar-refractivity contribution in [2.24, 2.45) is 0 Å². The quantitative estimate of drug-likeness (QED) is 0.934. The molecular weight excluding hydrogens is 278 g/mol. The van der Waals surface area contributed by atoms with Gasteiger partial charge in [-0.15, -0.1) is 0 Å². The highest BCUT2D eigenvalue weighted by Crippen LogP contribution is 2.32. The van der Waals surface area contributed by atoms with Crippen molar-refractivity contribution in [3.8, 4) is 0 Å². The monoisotopic (exact) mass is 299 g/mol. The van der Waals surface area contributed by atoms with Gasteiger partial charge in [-0.05, 0) is 43.9 Å². The zero-order valence-corrected chi connectivity index (χ0v) is 13.0. The smallest absolute Gasteiger partial charge is 0.322 e. The summed E-state index contributed by atoms with van der Waals surface area (Å²) in [7, 11) is 0. The van der Waals surface area contributed by atoms with Gasteiger partial charge < -0.3 is 14.7 Å². The van der Waals surface area contributed by atoms with Gasteiger partial charge in [0.1, 0.15) is 0 Å². The van der Waals surface area contributed by atoms with Gasteiger partial charge in [0.15, 0.2) is 5.76 Å². The lowest BCUT2D eigenvalue weighted by molar-refractivity contribution is 0.195. The van der Waals surface area contributed by atoms with Crippen molar-refractivity contribution >= 4 is 11.7 Å². The van der Waals surface area contributed by atoms with Crippen LogP contribution in [0.1, 0.15) is 42.8 Å². The molecule has 5 nitrogen and oxygen atoms in total. The Labute approximate surface area is 130 Å². The second-order valence-electron chi connectivity index (χ2n) is 5.70. The van der Waals surface area contributed by atoms with E-state index in [1.165, 1.54) is 5.56 Å². The first-order chi connectivity index (χ1) is 10.7. The Kier molecular flexibility index (Phi) is 4.13. The van der Waals surface area contributed by atoms with E-state index in [0.717, 1.165) is 42.9 Å². The molecule has 2 amide bonds. The van der Waals surface area contributed by atoms with E-state index in [9.17, 15) is 4.79 Å². The number of hydrogen-bond acceptors (Lipinski definition) is 3. The number of anilines is 1. The fourth-order valence-electron chi connectivity index (χ4n) is 2.86. The Bertz CT molecular complexity index is 648. The lowest BCUT2D eigenvalue weighted by Gasteiger charge is -2.23. The molecule has 0 bridgehead atoms. The van der Waals surface area contributed by atoms with Crippen molar-refractivity contribution < 1.29 is 9.32 Å². The van der Waals surface area contributed by atoms with Crippen molar-refractivity contribution in [3.05, 3.63) is 47.3 Å². The second kappa shape index (κ2) is 6.22. The van der Waals surface area contributed by atoms with Crippen molar-refractivity contribution in [3.63, 3.8) is 0 Å². The minimum Gasteiger partial charge on any atom is -0.359 e. The van der Waals surface area contributed by atoms with Crippen molar-refractivity contribution in [2.45, 2.75) is 39.2 Å². The highest BCUT2D eigenvalue weighted by Gasteiger charge is 2.32. The Balaban J connectivity index is 1.70. The summed E-state index contributed by atoms with van der Waals surface area (Å²) in [5, 5.41) is 6.89. The predicted octanol–water partition coefficient (Wildman–Crippen LogP) is 3.91. The number of rotatable bonds is 3. The van der Waals surface area contributed by atoms with E-state index < -0.39 is 0 Å². The minimum absolute atomic E-state index is 0.0175. The fourth-order valence-corrected chi connectivity index (χ4v) is 2.86. The zero-order chi connectivity index (χ0) is 15.5. The van der Waals surface area contributed by atoms with Crippen LogP contribution in [0.15, 0.2) is 34.9 Å². The molecule has 0 saturated carbocycles. The molecule has 0 unspecified atom stereocenters. The van der Waals surface area contributed by atoms with Crippen LogP contribution in [0.25, 0.3) is 0 Å². The molecule has 116 valence electrons. The number of nitrogens with one attached hydrogen (secondary N) is 1. The van der Waals surface area contributed by atoms with Gasteiger partial charge in [0.25, 0.3) is 0 Å². The average Bonchev–Trinajstić information content (AvgIpc) is 3.16. The standard InChI is InChI=1S/C17H21N3O2/c1-3-13-6-8-14(9-7-13)18-17(21)20-10-4-5-15(20)16-11-12(2)19-22-16/h6-9,11,15H,3-5,10H2,1-2H3,(H,18,21)/t15-/m0/s1. The number of hydrogen-bond donors (Lipinski definition) is 1. The molecule has 0 spiro atoms. The number of benzene rings is 1. The van der Waals surface area contributed by atoms with E-state index in [1.807, 2.05) is 42.2 Å². The first kappa shape index (κ1) is 14.6. The summed E-state index contributed by atoms with van der Waals surface area (Å²) < 4.78 is 5.34. The third-order valence-corrected chi connectivity index (χ3v) is 4.10. The number of likely N-dealkylation sites (tertiary alicyclic amines) is 1. The molecule has 1 aromatic carbocycles. The van der Waals surface area contributed by atoms with E-state index in [2.05, 4.69) is 17.4 Å². The highest BCUT2D eigenvalue weighted by molar-refractivity contribution is 5.89. The Morgan fingerprint density at radius 2 is 2.18 bits per heavy atom. The van der Waals surface area contributed by atoms with E-state index in [1.54, 1.807) is 0 Å². The first-order valence-electron chi connectivity index (χ1n) is 7.77. The van der Waals surface area contributed by atoms with Crippen LogP contribution in [0.2, 0.25) is 0 Å². The molecule has 22 heavy (non-hydrogen) atoms. The number of carbonyl (C=O) groups excluding carboxylic acids is 1. The normalized spacial score (nSPS) is 17.7. The van der Waals surface area contributed by atoms with E-state index >= 15 is 0 Å². The maximum atomic E-state index is 12.5. The van der Waals surface area contributed by atoms with E-state index in [0.29, 0.717) is 0 Å². The molecule has 5 heteroatoms. The maximum Gasteiger partial charge on any atom is 0.322 e. The van der Waals surface area contributed by atoms with Crippen LogP contribution in [0.5, 0.6) is 0 Å². The van der Waals surface area contributed by atoms with Crippen LogP contribution in [0.3, 0.4) is 0 Å². The molecule has 2 heterocycles. The predicted molar refractivity (Wildman–Crippen MR) is 84.8 cm³/mol. The van der Waals surface area contributed by atoms with Gasteiger partial charge in [-0.3, -0.25) is 0 Å².